The van der Waals surface area contributed by atoms with Crippen molar-refractivity contribution < 1.29 is 17.9 Å². The van der Waals surface area contributed by atoms with E-state index in [9.17, 15) is 13.2 Å². The molecular formula is C18H17F3N6O. The number of alkyl halides is 3. The Morgan fingerprint density at radius 3 is 2.61 bits per heavy atom. The van der Waals surface area contributed by atoms with Gasteiger partial charge in [0.1, 0.15) is 17.7 Å². The lowest BCUT2D eigenvalue weighted by Crippen LogP contribution is -2.26. The van der Waals surface area contributed by atoms with Gasteiger partial charge in [0, 0.05) is 37.6 Å². The van der Waals surface area contributed by atoms with Crippen LogP contribution in [-0.2, 0) is 6.18 Å². The average Bonchev–Trinajstić information content (AvgIpc) is 3.31. The maximum absolute atomic E-state index is 12.6. The minimum absolute atomic E-state index is 0.175. The van der Waals surface area contributed by atoms with Crippen molar-refractivity contribution in [3.8, 4) is 11.7 Å². The summed E-state index contributed by atoms with van der Waals surface area (Å²) in [6.07, 6.45) is 3.74. The zero-order chi connectivity index (χ0) is 19.7. The Labute approximate surface area is 158 Å². The van der Waals surface area contributed by atoms with E-state index >= 15 is 0 Å². The van der Waals surface area contributed by atoms with Crippen molar-refractivity contribution in [3.05, 3.63) is 54.5 Å². The number of aromatic nitrogens is 5. The number of anilines is 1. The molecule has 0 amide bonds. The minimum Gasteiger partial charge on any atom is -0.472 e. The number of imidazole rings is 1. The van der Waals surface area contributed by atoms with Crippen LogP contribution in [0, 0.1) is 6.92 Å². The SMILES string of the molecule is Cc1nccn1-c1cncc(N2CCC(Oc3ccc(C(F)(F)F)cn3)C2)n1. The number of hydrogen-bond donors (Lipinski definition) is 0. The fourth-order valence-corrected chi connectivity index (χ4v) is 3.06. The molecule has 0 aromatic carbocycles. The molecule has 0 N–H and O–H groups in total. The van der Waals surface area contributed by atoms with E-state index in [1.54, 1.807) is 18.6 Å². The van der Waals surface area contributed by atoms with Gasteiger partial charge in [-0.1, -0.05) is 0 Å². The zero-order valence-corrected chi connectivity index (χ0v) is 15.0. The molecule has 1 atom stereocenters. The molecule has 1 saturated heterocycles. The first-order valence-electron chi connectivity index (χ1n) is 8.67. The predicted octanol–water partition coefficient (Wildman–Crippen LogP) is 3.04. The third-order valence-electron chi connectivity index (χ3n) is 4.50. The summed E-state index contributed by atoms with van der Waals surface area (Å²) >= 11 is 0. The van der Waals surface area contributed by atoms with E-state index in [2.05, 4.69) is 19.9 Å². The van der Waals surface area contributed by atoms with E-state index in [1.165, 1.54) is 6.07 Å². The zero-order valence-electron chi connectivity index (χ0n) is 15.0. The first-order chi connectivity index (χ1) is 13.4. The molecule has 1 unspecified atom stereocenters. The van der Waals surface area contributed by atoms with Gasteiger partial charge < -0.3 is 9.64 Å². The predicted molar refractivity (Wildman–Crippen MR) is 94.4 cm³/mol. The van der Waals surface area contributed by atoms with Crippen LogP contribution in [0.1, 0.15) is 17.8 Å². The van der Waals surface area contributed by atoms with Gasteiger partial charge in [-0.2, -0.15) is 13.2 Å². The summed E-state index contributed by atoms with van der Waals surface area (Å²) in [6, 6.07) is 2.21. The third kappa shape index (κ3) is 3.75. The lowest BCUT2D eigenvalue weighted by molar-refractivity contribution is -0.137. The van der Waals surface area contributed by atoms with Gasteiger partial charge in [0.25, 0.3) is 0 Å². The van der Waals surface area contributed by atoms with Crippen LogP contribution in [0.4, 0.5) is 19.0 Å². The third-order valence-corrected chi connectivity index (χ3v) is 4.50. The molecule has 0 bridgehead atoms. The summed E-state index contributed by atoms with van der Waals surface area (Å²) in [5.74, 6) is 2.36. The molecule has 7 nitrogen and oxygen atoms in total. The summed E-state index contributed by atoms with van der Waals surface area (Å²) in [7, 11) is 0. The highest BCUT2D eigenvalue weighted by molar-refractivity contribution is 5.41. The maximum atomic E-state index is 12.6. The van der Waals surface area contributed by atoms with Crippen molar-refractivity contribution in [2.45, 2.75) is 25.6 Å². The number of hydrogen-bond acceptors (Lipinski definition) is 6. The van der Waals surface area contributed by atoms with Crippen molar-refractivity contribution in [1.29, 1.82) is 0 Å². The molecule has 1 aliphatic heterocycles. The van der Waals surface area contributed by atoms with Crippen molar-refractivity contribution >= 4 is 5.82 Å². The van der Waals surface area contributed by atoms with Gasteiger partial charge in [-0.3, -0.25) is 9.55 Å². The van der Waals surface area contributed by atoms with E-state index in [-0.39, 0.29) is 12.0 Å². The topological polar surface area (TPSA) is 69.0 Å². The lowest BCUT2D eigenvalue weighted by Gasteiger charge is -2.18. The molecule has 1 aliphatic rings. The summed E-state index contributed by atoms with van der Waals surface area (Å²) in [6.45, 7) is 3.13. The maximum Gasteiger partial charge on any atom is 0.417 e. The number of aryl methyl sites for hydroxylation is 1. The summed E-state index contributed by atoms with van der Waals surface area (Å²) in [4.78, 5) is 18.9. The molecule has 3 aromatic rings. The molecule has 4 heterocycles. The summed E-state index contributed by atoms with van der Waals surface area (Å²) in [5.41, 5.74) is -0.796. The molecule has 10 heteroatoms. The molecule has 0 radical (unpaired) electrons. The molecular weight excluding hydrogens is 373 g/mol. The van der Waals surface area contributed by atoms with Gasteiger partial charge in [0.05, 0.1) is 24.5 Å². The van der Waals surface area contributed by atoms with E-state index in [0.717, 1.165) is 18.1 Å². The number of rotatable bonds is 4. The van der Waals surface area contributed by atoms with Crippen LogP contribution < -0.4 is 9.64 Å². The van der Waals surface area contributed by atoms with Gasteiger partial charge in [0.2, 0.25) is 5.88 Å². The van der Waals surface area contributed by atoms with E-state index in [4.69, 9.17) is 4.74 Å². The molecule has 146 valence electrons. The van der Waals surface area contributed by atoms with Crippen LogP contribution in [0.15, 0.2) is 43.1 Å². The van der Waals surface area contributed by atoms with Gasteiger partial charge in [0.15, 0.2) is 5.82 Å². The Kier molecular flexibility index (Phi) is 4.62. The van der Waals surface area contributed by atoms with E-state index in [1.807, 2.05) is 22.6 Å². The highest BCUT2D eigenvalue weighted by Crippen LogP contribution is 2.29. The fourth-order valence-electron chi connectivity index (χ4n) is 3.06. The van der Waals surface area contributed by atoms with E-state index in [0.29, 0.717) is 31.1 Å². The Bertz CT molecular complexity index is 956. The lowest BCUT2D eigenvalue weighted by atomic mass is 10.3. The second kappa shape index (κ2) is 7.10. The highest BCUT2D eigenvalue weighted by Gasteiger charge is 2.31. The van der Waals surface area contributed by atoms with Crippen LogP contribution in [0.3, 0.4) is 0 Å². The molecule has 4 rings (SSSR count). The standard InChI is InChI=1S/C18H17F3N6O/c1-12-23-5-7-27(12)16-10-22-9-15(25-16)26-6-4-14(11-26)28-17-3-2-13(8-24-17)18(19,20)21/h2-3,5,7-10,14H,4,6,11H2,1H3. The Balaban J connectivity index is 1.43. The van der Waals surface area contributed by atoms with Crippen LogP contribution in [0.2, 0.25) is 0 Å². The van der Waals surface area contributed by atoms with Crippen LogP contribution in [-0.4, -0.2) is 43.7 Å². The summed E-state index contributed by atoms with van der Waals surface area (Å²) in [5, 5.41) is 0. The molecule has 28 heavy (non-hydrogen) atoms. The van der Waals surface area contributed by atoms with E-state index < -0.39 is 11.7 Å². The van der Waals surface area contributed by atoms with Crippen molar-refractivity contribution in [3.63, 3.8) is 0 Å². The number of pyridine rings is 1. The first kappa shape index (κ1) is 18.2. The Morgan fingerprint density at radius 1 is 1.11 bits per heavy atom. The fraction of sp³-hybridized carbons (Fsp3) is 0.333. The van der Waals surface area contributed by atoms with Crippen LogP contribution in [0.5, 0.6) is 5.88 Å². The quantitative estimate of drug-likeness (QED) is 0.682. The van der Waals surface area contributed by atoms with Crippen molar-refractivity contribution in [1.82, 2.24) is 24.5 Å². The Hall–Kier alpha value is -3.17. The average molecular weight is 390 g/mol. The van der Waals surface area contributed by atoms with Crippen LogP contribution >= 0.6 is 0 Å². The van der Waals surface area contributed by atoms with Crippen LogP contribution in [0.25, 0.3) is 5.82 Å². The molecule has 0 saturated carbocycles. The minimum atomic E-state index is -4.41. The monoisotopic (exact) mass is 390 g/mol. The molecule has 3 aromatic heterocycles. The number of halogens is 3. The van der Waals surface area contributed by atoms with Crippen molar-refractivity contribution in [2.24, 2.45) is 0 Å². The van der Waals surface area contributed by atoms with Gasteiger partial charge in [-0.15, -0.1) is 0 Å². The molecule has 0 spiro atoms. The second-order valence-corrected chi connectivity index (χ2v) is 6.44. The smallest absolute Gasteiger partial charge is 0.417 e. The van der Waals surface area contributed by atoms with Crippen molar-refractivity contribution in [2.75, 3.05) is 18.0 Å². The molecule has 0 aliphatic carbocycles. The van der Waals surface area contributed by atoms with Gasteiger partial charge in [-0.05, 0) is 13.0 Å². The first-order valence-corrected chi connectivity index (χ1v) is 8.67. The normalized spacial score (nSPS) is 17.1. The number of nitrogens with zero attached hydrogens (tertiary/aromatic N) is 6. The van der Waals surface area contributed by atoms with Gasteiger partial charge in [-0.25, -0.2) is 15.0 Å². The second-order valence-electron chi connectivity index (χ2n) is 6.44. The molecule has 1 fully saturated rings. The van der Waals surface area contributed by atoms with Gasteiger partial charge >= 0.3 is 6.18 Å². The largest absolute Gasteiger partial charge is 0.472 e. The summed E-state index contributed by atoms with van der Waals surface area (Å²) < 4.78 is 45.4. The Morgan fingerprint density at radius 2 is 1.93 bits per heavy atom. The number of ether oxygens (including phenoxy) is 1. The highest BCUT2D eigenvalue weighted by atomic mass is 19.4.